The van der Waals surface area contributed by atoms with Gasteiger partial charge in [0.15, 0.2) is 6.10 Å². The molecule has 380 valence electrons. The van der Waals surface area contributed by atoms with Gasteiger partial charge in [0.1, 0.15) is 13.2 Å². The van der Waals surface area contributed by atoms with Crippen LogP contribution in [0.15, 0.2) is 36.5 Å². The summed E-state index contributed by atoms with van der Waals surface area (Å²) in [6.07, 6.45) is 64.4. The molecule has 0 bridgehead atoms. The third-order valence-corrected chi connectivity index (χ3v) is 12.6. The maximum atomic E-state index is 12.8. The van der Waals surface area contributed by atoms with Gasteiger partial charge in [-0.25, -0.2) is 0 Å². The zero-order chi connectivity index (χ0) is 47.2. The highest BCUT2D eigenvalue weighted by Crippen LogP contribution is 2.17. The van der Waals surface area contributed by atoms with Crippen LogP contribution < -0.4 is 0 Å². The molecule has 0 saturated heterocycles. The van der Waals surface area contributed by atoms with E-state index in [1.165, 1.54) is 161 Å². The summed E-state index contributed by atoms with van der Waals surface area (Å²) < 4.78 is 16.8. The summed E-state index contributed by atoms with van der Waals surface area (Å²) in [6, 6.07) is 0. The summed E-state index contributed by atoms with van der Waals surface area (Å²) in [6.45, 7) is 6.53. The van der Waals surface area contributed by atoms with E-state index in [1.54, 1.807) is 0 Å². The zero-order valence-corrected chi connectivity index (χ0v) is 43.5. The van der Waals surface area contributed by atoms with E-state index in [2.05, 4.69) is 57.2 Å². The molecule has 6 heteroatoms. The number of carbonyl (C=O) groups is 3. The average molecular weight is 914 g/mol. The molecule has 6 nitrogen and oxygen atoms in total. The van der Waals surface area contributed by atoms with E-state index in [9.17, 15) is 14.4 Å². The molecule has 1 atom stereocenters. The first-order valence-electron chi connectivity index (χ1n) is 28.5. The van der Waals surface area contributed by atoms with Gasteiger partial charge in [0.25, 0.3) is 0 Å². The highest BCUT2D eigenvalue weighted by atomic mass is 16.6. The predicted octanol–water partition coefficient (Wildman–Crippen LogP) is 18.9. The van der Waals surface area contributed by atoms with Gasteiger partial charge in [0.05, 0.1) is 0 Å². The van der Waals surface area contributed by atoms with Crippen molar-refractivity contribution in [2.24, 2.45) is 0 Å². The molecule has 0 aliphatic heterocycles. The highest BCUT2D eigenvalue weighted by Gasteiger charge is 2.19. The van der Waals surface area contributed by atoms with Gasteiger partial charge in [-0.05, 0) is 64.2 Å². The predicted molar refractivity (Wildman–Crippen MR) is 279 cm³/mol. The van der Waals surface area contributed by atoms with Crippen LogP contribution in [0.5, 0.6) is 0 Å². The van der Waals surface area contributed by atoms with Crippen molar-refractivity contribution in [3.05, 3.63) is 36.5 Å². The van der Waals surface area contributed by atoms with Gasteiger partial charge in [-0.3, -0.25) is 14.4 Å². The van der Waals surface area contributed by atoms with Crippen LogP contribution in [0, 0.1) is 0 Å². The van der Waals surface area contributed by atoms with E-state index in [0.29, 0.717) is 19.3 Å². The van der Waals surface area contributed by atoms with Crippen LogP contribution in [0.4, 0.5) is 0 Å². The van der Waals surface area contributed by atoms with Crippen molar-refractivity contribution in [3.8, 4) is 0 Å². The smallest absolute Gasteiger partial charge is 0.306 e. The minimum atomic E-state index is -0.779. The molecule has 1 unspecified atom stereocenters. The third kappa shape index (κ3) is 52.5. The topological polar surface area (TPSA) is 78.9 Å². The van der Waals surface area contributed by atoms with Crippen LogP contribution in [-0.2, 0) is 28.6 Å². The number of rotatable bonds is 52. The van der Waals surface area contributed by atoms with Crippen LogP contribution in [-0.4, -0.2) is 37.2 Å². The number of ether oxygens (including phenoxy) is 3. The summed E-state index contributed by atoms with van der Waals surface area (Å²) >= 11 is 0. The maximum Gasteiger partial charge on any atom is 0.306 e. The van der Waals surface area contributed by atoms with Crippen LogP contribution in [0.1, 0.15) is 303 Å². The number of esters is 3. The van der Waals surface area contributed by atoms with E-state index in [0.717, 1.165) is 103 Å². The molecule has 65 heavy (non-hydrogen) atoms. The summed E-state index contributed by atoms with van der Waals surface area (Å²) in [5, 5.41) is 0. The van der Waals surface area contributed by atoms with E-state index >= 15 is 0 Å². The lowest BCUT2D eigenvalue weighted by Crippen LogP contribution is -2.30. The SMILES string of the molecule is CCC/C=C\C/C=C\CCCCCCCC(=O)OC(COC(=O)CCCCCCC/C=C\CCC)COC(=O)CCCCCCCCCCCCCCCCCCCCCCCCCC. The van der Waals surface area contributed by atoms with Crippen LogP contribution in [0.25, 0.3) is 0 Å². The van der Waals surface area contributed by atoms with Crippen molar-refractivity contribution in [3.63, 3.8) is 0 Å². The van der Waals surface area contributed by atoms with E-state index in [-0.39, 0.29) is 31.1 Å². The Balaban J connectivity index is 4.17. The summed E-state index contributed by atoms with van der Waals surface area (Å²) in [5.41, 5.74) is 0. The number of unbranched alkanes of at least 4 members (excludes halogenated alkanes) is 35. The second kappa shape index (κ2) is 54.2. The quantitative estimate of drug-likeness (QED) is 0.0262. The van der Waals surface area contributed by atoms with Crippen molar-refractivity contribution in [1.82, 2.24) is 0 Å². The summed E-state index contributed by atoms with van der Waals surface area (Å²) in [5.74, 6) is -0.890. The standard InChI is InChI=1S/C59H108O6/c1-4-7-10-13-16-19-22-24-25-26-27-28-29-30-31-32-33-34-36-37-40-43-46-49-52-58(61)64-55-56(54-63-57(60)51-48-45-42-39-21-18-15-12-9-6-3)65-59(62)53-50-47-44-41-38-35-23-20-17-14-11-8-5-2/h11-12,14-15,20,23,56H,4-10,13,16-19,21-22,24-55H2,1-3H3/b14-11-,15-12-,23-20-. The van der Waals surface area contributed by atoms with Crippen molar-refractivity contribution in [1.29, 1.82) is 0 Å². The molecule has 0 aromatic rings. The first kappa shape index (κ1) is 62.6. The van der Waals surface area contributed by atoms with E-state index in [1.807, 2.05) is 0 Å². The molecule has 0 heterocycles. The van der Waals surface area contributed by atoms with Gasteiger partial charge in [0, 0.05) is 19.3 Å². The third-order valence-electron chi connectivity index (χ3n) is 12.6. The molecule has 0 aliphatic carbocycles. The fourth-order valence-corrected chi connectivity index (χ4v) is 8.31. The summed E-state index contributed by atoms with van der Waals surface area (Å²) in [4.78, 5) is 38.0. The Morgan fingerprint density at radius 2 is 0.585 bits per heavy atom. The van der Waals surface area contributed by atoms with Crippen molar-refractivity contribution < 1.29 is 28.6 Å². The normalized spacial score (nSPS) is 12.2. The van der Waals surface area contributed by atoms with E-state index < -0.39 is 6.10 Å². The molecule has 0 fully saturated rings. The first-order valence-corrected chi connectivity index (χ1v) is 28.5. The zero-order valence-electron chi connectivity index (χ0n) is 43.5. The monoisotopic (exact) mass is 913 g/mol. The van der Waals surface area contributed by atoms with Crippen LogP contribution >= 0.6 is 0 Å². The Morgan fingerprint density at radius 3 is 0.938 bits per heavy atom. The van der Waals surface area contributed by atoms with Crippen molar-refractivity contribution in [2.75, 3.05) is 13.2 Å². The molecule has 0 amide bonds. The Hall–Kier alpha value is -2.37. The van der Waals surface area contributed by atoms with Gasteiger partial charge in [-0.2, -0.15) is 0 Å². The fraction of sp³-hybridized carbons (Fsp3) is 0.847. The molecule has 0 aromatic carbocycles. The lowest BCUT2D eigenvalue weighted by atomic mass is 10.0. The number of allylic oxidation sites excluding steroid dienone is 6. The van der Waals surface area contributed by atoms with Gasteiger partial charge in [0.2, 0.25) is 0 Å². The van der Waals surface area contributed by atoms with Gasteiger partial charge >= 0.3 is 17.9 Å². The molecular formula is C59H108O6. The molecule has 0 rings (SSSR count). The number of hydrogen-bond donors (Lipinski definition) is 0. The Labute approximate surface area is 404 Å². The molecule has 0 aromatic heterocycles. The summed E-state index contributed by atoms with van der Waals surface area (Å²) in [7, 11) is 0. The van der Waals surface area contributed by atoms with Crippen LogP contribution in [0.3, 0.4) is 0 Å². The second-order valence-electron chi connectivity index (χ2n) is 19.2. The minimum absolute atomic E-state index is 0.0775. The van der Waals surface area contributed by atoms with E-state index in [4.69, 9.17) is 14.2 Å². The van der Waals surface area contributed by atoms with Crippen LogP contribution in [0.2, 0.25) is 0 Å². The maximum absolute atomic E-state index is 12.8. The Bertz CT molecular complexity index is 1090. The van der Waals surface area contributed by atoms with Crippen molar-refractivity contribution >= 4 is 17.9 Å². The van der Waals surface area contributed by atoms with Crippen molar-refractivity contribution in [2.45, 2.75) is 309 Å². The Kier molecular flexibility index (Phi) is 52.3. The fourth-order valence-electron chi connectivity index (χ4n) is 8.31. The number of hydrogen-bond acceptors (Lipinski definition) is 6. The van der Waals surface area contributed by atoms with Gasteiger partial charge < -0.3 is 14.2 Å². The highest BCUT2D eigenvalue weighted by molar-refractivity contribution is 5.71. The molecule has 0 radical (unpaired) electrons. The largest absolute Gasteiger partial charge is 0.462 e. The van der Waals surface area contributed by atoms with Gasteiger partial charge in [-0.15, -0.1) is 0 Å². The second-order valence-corrected chi connectivity index (χ2v) is 19.2. The molecule has 0 spiro atoms. The minimum Gasteiger partial charge on any atom is -0.462 e. The average Bonchev–Trinajstić information content (AvgIpc) is 3.30. The lowest BCUT2D eigenvalue weighted by Gasteiger charge is -2.18. The molecule has 0 saturated carbocycles. The number of carbonyl (C=O) groups excluding carboxylic acids is 3. The Morgan fingerprint density at radius 1 is 0.308 bits per heavy atom. The molecule has 0 aliphatic rings. The molecular weight excluding hydrogens is 805 g/mol. The lowest BCUT2D eigenvalue weighted by molar-refractivity contribution is -0.167. The van der Waals surface area contributed by atoms with Gasteiger partial charge in [-0.1, -0.05) is 256 Å². The first-order chi connectivity index (χ1) is 32.0. The molecule has 0 N–H and O–H groups in total.